The van der Waals surface area contributed by atoms with Gasteiger partial charge >= 0.3 is 0 Å². The number of anilines is 2. The normalized spacial score (nSPS) is 15.6. The van der Waals surface area contributed by atoms with Gasteiger partial charge in [-0.2, -0.15) is 0 Å². The van der Waals surface area contributed by atoms with E-state index in [0.717, 1.165) is 37.7 Å². The van der Waals surface area contributed by atoms with Crippen LogP contribution in [0.3, 0.4) is 0 Å². The molecule has 0 spiro atoms. The van der Waals surface area contributed by atoms with E-state index in [4.69, 9.17) is 0 Å². The zero-order valence-corrected chi connectivity index (χ0v) is 10.5. The van der Waals surface area contributed by atoms with Gasteiger partial charge < -0.3 is 9.80 Å². The maximum atomic E-state index is 13.2. The van der Waals surface area contributed by atoms with Crippen LogP contribution in [0.15, 0.2) is 42.9 Å². The Balaban J connectivity index is 1.67. The van der Waals surface area contributed by atoms with Gasteiger partial charge in [0.1, 0.15) is 18.0 Å². The number of piperazine rings is 1. The van der Waals surface area contributed by atoms with Crippen molar-refractivity contribution in [3.8, 4) is 0 Å². The number of hydrogen-bond donors (Lipinski definition) is 0. The van der Waals surface area contributed by atoms with E-state index in [1.54, 1.807) is 24.7 Å². The van der Waals surface area contributed by atoms with Crippen LogP contribution in [0.5, 0.6) is 0 Å². The van der Waals surface area contributed by atoms with Crippen molar-refractivity contribution in [1.29, 1.82) is 0 Å². The Labute approximate surface area is 111 Å². The van der Waals surface area contributed by atoms with Gasteiger partial charge in [-0.3, -0.25) is 0 Å². The van der Waals surface area contributed by atoms with Crippen molar-refractivity contribution in [1.82, 2.24) is 9.97 Å². The summed E-state index contributed by atoms with van der Waals surface area (Å²) in [6.07, 6.45) is 3.32. The number of halogens is 1. The number of benzene rings is 1. The highest BCUT2D eigenvalue weighted by Gasteiger charge is 2.18. The zero-order chi connectivity index (χ0) is 13.1. The molecular formula is C14H15FN4. The average molecular weight is 258 g/mol. The fourth-order valence-electron chi connectivity index (χ4n) is 2.34. The molecule has 19 heavy (non-hydrogen) atoms. The Kier molecular flexibility index (Phi) is 3.27. The van der Waals surface area contributed by atoms with E-state index >= 15 is 0 Å². The van der Waals surface area contributed by atoms with Crippen LogP contribution in [0.4, 0.5) is 15.9 Å². The highest BCUT2D eigenvalue weighted by molar-refractivity contribution is 5.49. The molecule has 0 atom stereocenters. The van der Waals surface area contributed by atoms with E-state index in [9.17, 15) is 4.39 Å². The number of aromatic nitrogens is 2. The van der Waals surface area contributed by atoms with Crippen molar-refractivity contribution in [2.24, 2.45) is 0 Å². The molecule has 1 aliphatic rings. The van der Waals surface area contributed by atoms with Crippen LogP contribution >= 0.6 is 0 Å². The quantitative estimate of drug-likeness (QED) is 0.824. The number of nitrogens with zero attached hydrogens (tertiary/aromatic N) is 4. The third-order valence-corrected chi connectivity index (χ3v) is 3.34. The van der Waals surface area contributed by atoms with Crippen molar-refractivity contribution in [2.45, 2.75) is 0 Å². The lowest BCUT2D eigenvalue weighted by Gasteiger charge is -2.36. The van der Waals surface area contributed by atoms with Gasteiger partial charge in [-0.1, -0.05) is 6.07 Å². The second-order valence-corrected chi connectivity index (χ2v) is 4.52. The molecule has 0 bridgehead atoms. The smallest absolute Gasteiger partial charge is 0.132 e. The fourth-order valence-corrected chi connectivity index (χ4v) is 2.34. The minimum absolute atomic E-state index is 0.185. The van der Waals surface area contributed by atoms with Crippen molar-refractivity contribution in [3.63, 3.8) is 0 Å². The lowest BCUT2D eigenvalue weighted by atomic mass is 10.2. The molecule has 5 heteroatoms. The summed E-state index contributed by atoms with van der Waals surface area (Å²) in [7, 11) is 0. The molecule has 0 aliphatic carbocycles. The molecule has 1 aliphatic heterocycles. The molecule has 1 aromatic heterocycles. The first-order chi connectivity index (χ1) is 9.33. The first-order valence-electron chi connectivity index (χ1n) is 6.34. The van der Waals surface area contributed by atoms with Crippen LogP contribution < -0.4 is 9.80 Å². The van der Waals surface area contributed by atoms with Crippen molar-refractivity contribution < 1.29 is 4.39 Å². The summed E-state index contributed by atoms with van der Waals surface area (Å²) >= 11 is 0. The van der Waals surface area contributed by atoms with E-state index in [0.29, 0.717) is 0 Å². The molecule has 1 saturated heterocycles. The summed E-state index contributed by atoms with van der Waals surface area (Å²) < 4.78 is 13.2. The Bertz CT molecular complexity index is 538. The number of hydrogen-bond acceptors (Lipinski definition) is 4. The van der Waals surface area contributed by atoms with Gasteiger partial charge in [-0.25, -0.2) is 14.4 Å². The maximum Gasteiger partial charge on any atom is 0.132 e. The van der Waals surface area contributed by atoms with Gasteiger partial charge in [0.15, 0.2) is 0 Å². The van der Waals surface area contributed by atoms with Gasteiger partial charge in [0.2, 0.25) is 0 Å². The van der Waals surface area contributed by atoms with Crippen LogP contribution in [-0.2, 0) is 0 Å². The topological polar surface area (TPSA) is 32.3 Å². The SMILES string of the molecule is Fc1cccc(N2CCN(c3ccncn3)CC2)c1. The van der Waals surface area contributed by atoms with E-state index in [1.165, 1.54) is 6.07 Å². The van der Waals surface area contributed by atoms with Crippen molar-refractivity contribution in [2.75, 3.05) is 36.0 Å². The number of rotatable bonds is 2. The molecule has 4 nitrogen and oxygen atoms in total. The van der Waals surface area contributed by atoms with Crippen LogP contribution in [0.1, 0.15) is 0 Å². The molecule has 1 aromatic carbocycles. The molecule has 0 unspecified atom stereocenters. The Morgan fingerprint density at radius 3 is 2.47 bits per heavy atom. The lowest BCUT2D eigenvalue weighted by molar-refractivity contribution is 0.619. The van der Waals surface area contributed by atoms with E-state index in [-0.39, 0.29) is 5.82 Å². The molecule has 3 rings (SSSR count). The lowest BCUT2D eigenvalue weighted by Crippen LogP contribution is -2.46. The summed E-state index contributed by atoms with van der Waals surface area (Å²) in [6.45, 7) is 3.50. The maximum absolute atomic E-state index is 13.2. The molecule has 0 saturated carbocycles. The Morgan fingerprint density at radius 2 is 1.79 bits per heavy atom. The van der Waals surface area contributed by atoms with Crippen molar-refractivity contribution >= 4 is 11.5 Å². The highest BCUT2D eigenvalue weighted by Crippen LogP contribution is 2.19. The van der Waals surface area contributed by atoms with Gasteiger partial charge in [0.25, 0.3) is 0 Å². The van der Waals surface area contributed by atoms with Crippen LogP contribution in [-0.4, -0.2) is 36.1 Å². The average Bonchev–Trinajstić information content (AvgIpc) is 2.48. The molecule has 2 heterocycles. The first kappa shape index (κ1) is 11.9. The third kappa shape index (κ3) is 2.65. The Hall–Kier alpha value is -2.17. The van der Waals surface area contributed by atoms with Crippen LogP contribution in [0, 0.1) is 5.82 Å². The molecule has 0 amide bonds. The summed E-state index contributed by atoms with van der Waals surface area (Å²) in [5.74, 6) is 0.768. The molecule has 0 radical (unpaired) electrons. The zero-order valence-electron chi connectivity index (χ0n) is 10.5. The minimum Gasteiger partial charge on any atom is -0.368 e. The van der Waals surface area contributed by atoms with E-state index in [1.807, 2.05) is 12.1 Å². The molecule has 1 fully saturated rings. The molecule has 98 valence electrons. The van der Waals surface area contributed by atoms with Gasteiger partial charge in [0.05, 0.1) is 0 Å². The first-order valence-corrected chi connectivity index (χ1v) is 6.34. The second-order valence-electron chi connectivity index (χ2n) is 4.52. The summed E-state index contributed by atoms with van der Waals surface area (Å²) in [6, 6.07) is 8.67. The van der Waals surface area contributed by atoms with Crippen LogP contribution in [0.2, 0.25) is 0 Å². The second kappa shape index (κ2) is 5.22. The summed E-state index contributed by atoms with van der Waals surface area (Å²) in [5, 5.41) is 0. The summed E-state index contributed by atoms with van der Waals surface area (Å²) in [4.78, 5) is 12.6. The van der Waals surface area contributed by atoms with Crippen molar-refractivity contribution in [3.05, 3.63) is 48.7 Å². The minimum atomic E-state index is -0.185. The van der Waals surface area contributed by atoms with E-state index in [2.05, 4.69) is 19.8 Å². The molecular weight excluding hydrogens is 243 g/mol. The predicted molar refractivity (Wildman–Crippen MR) is 72.9 cm³/mol. The third-order valence-electron chi connectivity index (χ3n) is 3.34. The predicted octanol–water partition coefficient (Wildman–Crippen LogP) is 1.94. The largest absolute Gasteiger partial charge is 0.368 e. The standard InChI is InChI=1S/C14H15FN4/c15-12-2-1-3-13(10-12)18-6-8-19(9-7-18)14-4-5-16-11-17-14/h1-5,10-11H,6-9H2. The Morgan fingerprint density at radius 1 is 1.00 bits per heavy atom. The molecule has 0 N–H and O–H groups in total. The van der Waals surface area contributed by atoms with Gasteiger partial charge in [-0.15, -0.1) is 0 Å². The summed E-state index contributed by atoms with van der Waals surface area (Å²) in [5.41, 5.74) is 0.947. The van der Waals surface area contributed by atoms with Gasteiger partial charge in [0, 0.05) is 38.1 Å². The van der Waals surface area contributed by atoms with E-state index < -0.39 is 0 Å². The monoisotopic (exact) mass is 258 g/mol. The van der Waals surface area contributed by atoms with Crippen LogP contribution in [0.25, 0.3) is 0 Å². The highest BCUT2D eigenvalue weighted by atomic mass is 19.1. The fraction of sp³-hybridized carbons (Fsp3) is 0.286. The molecule has 2 aromatic rings. The van der Waals surface area contributed by atoms with Gasteiger partial charge in [-0.05, 0) is 24.3 Å².